The standard InChI is InChI=1S/C51H30N2/c52-31-35-23-27-48-50-38(35)24-25-43-37(26-28-49(51(43)50)53(48)36-13-5-2-6-14-36)33-19-21-34(22-20-33)45-30-47-41-17-9-7-15-39(41)44(32-11-3-1-4-12-32)29-46(47)42-18-10-8-16-40(42)45/h1-30H. The molecule has 0 N–H and O–H groups in total. The molecule has 2 heteroatoms. The summed E-state index contributed by atoms with van der Waals surface area (Å²) in [6.07, 6.45) is 0. The molecule has 0 saturated carbocycles. The van der Waals surface area contributed by atoms with Gasteiger partial charge in [0.05, 0.1) is 22.7 Å². The molecule has 0 bridgehead atoms. The van der Waals surface area contributed by atoms with Gasteiger partial charge in [-0.1, -0.05) is 140 Å². The molecule has 0 aliphatic carbocycles. The van der Waals surface area contributed by atoms with E-state index in [9.17, 15) is 5.26 Å². The van der Waals surface area contributed by atoms with Crippen molar-refractivity contribution in [2.24, 2.45) is 0 Å². The second-order valence-electron chi connectivity index (χ2n) is 13.9. The van der Waals surface area contributed by atoms with Gasteiger partial charge in [0.15, 0.2) is 0 Å². The highest BCUT2D eigenvalue weighted by Crippen LogP contribution is 2.45. The van der Waals surface area contributed by atoms with E-state index >= 15 is 0 Å². The molecule has 53 heavy (non-hydrogen) atoms. The lowest BCUT2D eigenvalue weighted by Crippen LogP contribution is -1.93. The molecule has 0 amide bonds. The van der Waals surface area contributed by atoms with Crippen LogP contribution in [-0.4, -0.2) is 4.57 Å². The van der Waals surface area contributed by atoms with Crippen LogP contribution in [0.1, 0.15) is 5.56 Å². The number of benzene rings is 10. The van der Waals surface area contributed by atoms with E-state index in [1.54, 1.807) is 0 Å². The average molecular weight is 671 g/mol. The molecule has 244 valence electrons. The normalized spacial score (nSPS) is 11.8. The van der Waals surface area contributed by atoms with Crippen LogP contribution in [0, 0.1) is 11.3 Å². The molecular weight excluding hydrogens is 641 g/mol. The molecule has 0 spiro atoms. The minimum Gasteiger partial charge on any atom is -0.309 e. The quantitative estimate of drug-likeness (QED) is 0.171. The molecule has 11 aromatic rings. The van der Waals surface area contributed by atoms with E-state index in [-0.39, 0.29) is 0 Å². The fraction of sp³-hybridized carbons (Fsp3) is 0. The van der Waals surface area contributed by atoms with Crippen LogP contribution < -0.4 is 0 Å². The van der Waals surface area contributed by atoms with Gasteiger partial charge in [-0.2, -0.15) is 5.26 Å². The van der Waals surface area contributed by atoms with Crippen molar-refractivity contribution in [2.75, 3.05) is 0 Å². The molecule has 1 aromatic heterocycles. The van der Waals surface area contributed by atoms with Gasteiger partial charge < -0.3 is 4.57 Å². The van der Waals surface area contributed by atoms with E-state index in [1.165, 1.54) is 76.5 Å². The maximum absolute atomic E-state index is 10.0. The summed E-state index contributed by atoms with van der Waals surface area (Å²) in [7, 11) is 0. The van der Waals surface area contributed by atoms with Crippen molar-refractivity contribution in [1.29, 1.82) is 5.26 Å². The first-order valence-electron chi connectivity index (χ1n) is 18.1. The third-order valence-electron chi connectivity index (χ3n) is 11.2. The Morgan fingerprint density at radius 1 is 0.340 bits per heavy atom. The van der Waals surface area contributed by atoms with Crippen molar-refractivity contribution in [3.63, 3.8) is 0 Å². The molecule has 0 radical (unpaired) electrons. The van der Waals surface area contributed by atoms with Crippen LogP contribution in [-0.2, 0) is 0 Å². The maximum Gasteiger partial charge on any atom is 0.0998 e. The Morgan fingerprint density at radius 3 is 1.42 bits per heavy atom. The van der Waals surface area contributed by atoms with Crippen molar-refractivity contribution < 1.29 is 0 Å². The zero-order valence-electron chi connectivity index (χ0n) is 28.7. The summed E-state index contributed by atoms with van der Waals surface area (Å²) in [4.78, 5) is 0. The molecule has 11 rings (SSSR count). The van der Waals surface area contributed by atoms with E-state index in [1.807, 2.05) is 12.1 Å². The molecule has 0 fully saturated rings. The highest BCUT2D eigenvalue weighted by atomic mass is 15.0. The summed E-state index contributed by atoms with van der Waals surface area (Å²) in [5.41, 5.74) is 11.3. The Morgan fingerprint density at radius 2 is 0.811 bits per heavy atom. The molecule has 0 unspecified atom stereocenters. The minimum atomic E-state index is 0.702. The molecule has 0 saturated heterocycles. The summed E-state index contributed by atoms with van der Waals surface area (Å²) < 4.78 is 2.33. The van der Waals surface area contributed by atoms with Crippen molar-refractivity contribution in [3.05, 3.63) is 188 Å². The van der Waals surface area contributed by atoms with Gasteiger partial charge in [-0.25, -0.2) is 0 Å². The predicted molar refractivity (Wildman–Crippen MR) is 223 cm³/mol. The first kappa shape index (κ1) is 29.5. The van der Waals surface area contributed by atoms with Crippen LogP contribution in [0.5, 0.6) is 0 Å². The van der Waals surface area contributed by atoms with Crippen LogP contribution in [0.4, 0.5) is 0 Å². The summed E-state index contributed by atoms with van der Waals surface area (Å²) in [5.74, 6) is 0. The maximum atomic E-state index is 10.0. The molecule has 0 atom stereocenters. The number of nitriles is 1. The Balaban J connectivity index is 1.10. The summed E-state index contributed by atoms with van der Waals surface area (Å²) >= 11 is 0. The lowest BCUT2D eigenvalue weighted by atomic mass is 9.87. The Kier molecular flexibility index (Phi) is 6.35. The number of nitrogens with zero attached hydrogens (tertiary/aromatic N) is 2. The fourth-order valence-corrected chi connectivity index (χ4v) is 8.84. The summed E-state index contributed by atoms with van der Waals surface area (Å²) in [6.45, 7) is 0. The molecule has 2 nitrogen and oxygen atoms in total. The smallest absolute Gasteiger partial charge is 0.0998 e. The second-order valence-corrected chi connectivity index (χ2v) is 13.9. The van der Waals surface area contributed by atoms with Crippen LogP contribution in [0.2, 0.25) is 0 Å². The topological polar surface area (TPSA) is 28.7 Å². The van der Waals surface area contributed by atoms with Gasteiger partial charge >= 0.3 is 0 Å². The number of aromatic nitrogens is 1. The summed E-state index contributed by atoms with van der Waals surface area (Å²) in [5, 5.41) is 22.1. The van der Waals surface area contributed by atoms with E-state index in [0.717, 1.165) is 27.5 Å². The SMILES string of the molecule is N#Cc1ccc2c3c1ccc1c(-c4ccc(-c5cc6c7ccccc7c(-c7ccccc7)cc6c6ccccc56)cc4)ccc(c13)n2-c1ccccc1. The third-order valence-corrected chi connectivity index (χ3v) is 11.2. The van der Waals surface area contributed by atoms with Crippen LogP contribution in [0.25, 0.3) is 104 Å². The van der Waals surface area contributed by atoms with Crippen molar-refractivity contribution in [3.8, 4) is 45.1 Å². The van der Waals surface area contributed by atoms with E-state index in [0.29, 0.717) is 5.56 Å². The van der Waals surface area contributed by atoms with E-state index in [4.69, 9.17) is 0 Å². The van der Waals surface area contributed by atoms with Gasteiger partial charge in [-0.15, -0.1) is 0 Å². The number of fused-ring (bicyclic) bond motifs is 5. The number of rotatable bonds is 4. The van der Waals surface area contributed by atoms with Crippen molar-refractivity contribution in [2.45, 2.75) is 0 Å². The zero-order chi connectivity index (χ0) is 35.0. The largest absolute Gasteiger partial charge is 0.309 e. The predicted octanol–water partition coefficient (Wildman–Crippen LogP) is 13.7. The minimum absolute atomic E-state index is 0.702. The molecule has 0 aliphatic rings. The van der Waals surface area contributed by atoms with Crippen molar-refractivity contribution >= 4 is 64.9 Å². The lowest BCUT2D eigenvalue weighted by Gasteiger charge is -2.16. The van der Waals surface area contributed by atoms with Gasteiger partial charge in [0, 0.05) is 21.8 Å². The second kappa shape index (κ2) is 11.4. The van der Waals surface area contributed by atoms with Crippen LogP contribution >= 0.6 is 0 Å². The third kappa shape index (κ3) is 4.32. The Bertz CT molecular complexity index is 3260. The molecule has 10 aromatic carbocycles. The Hall–Kier alpha value is -7.21. The first-order valence-corrected chi connectivity index (χ1v) is 18.1. The van der Waals surface area contributed by atoms with Crippen LogP contribution in [0.3, 0.4) is 0 Å². The van der Waals surface area contributed by atoms with E-state index < -0.39 is 0 Å². The number of para-hydroxylation sites is 1. The fourth-order valence-electron chi connectivity index (χ4n) is 8.84. The van der Waals surface area contributed by atoms with Gasteiger partial charge in [0.1, 0.15) is 0 Å². The monoisotopic (exact) mass is 670 g/mol. The first-order chi connectivity index (χ1) is 26.3. The Labute approximate surface area is 306 Å². The highest BCUT2D eigenvalue weighted by molar-refractivity contribution is 6.28. The van der Waals surface area contributed by atoms with Gasteiger partial charge in [0.2, 0.25) is 0 Å². The molecular formula is C51H30N2. The van der Waals surface area contributed by atoms with Crippen molar-refractivity contribution in [1.82, 2.24) is 4.57 Å². The average Bonchev–Trinajstić information content (AvgIpc) is 3.58. The van der Waals surface area contributed by atoms with Gasteiger partial charge in [-0.05, 0) is 114 Å². The van der Waals surface area contributed by atoms with E-state index in [2.05, 4.69) is 180 Å². The van der Waals surface area contributed by atoms with Crippen LogP contribution in [0.15, 0.2) is 182 Å². The summed E-state index contributed by atoms with van der Waals surface area (Å²) in [6, 6.07) is 68.1. The molecule has 0 aliphatic heterocycles. The number of hydrogen-bond acceptors (Lipinski definition) is 1. The number of hydrogen-bond donors (Lipinski definition) is 0. The highest BCUT2D eigenvalue weighted by Gasteiger charge is 2.21. The zero-order valence-corrected chi connectivity index (χ0v) is 28.7. The lowest BCUT2D eigenvalue weighted by molar-refractivity contribution is 1.18. The van der Waals surface area contributed by atoms with Gasteiger partial charge in [-0.3, -0.25) is 0 Å². The molecule has 1 heterocycles. The van der Waals surface area contributed by atoms with Gasteiger partial charge in [0.25, 0.3) is 0 Å².